The Bertz CT molecular complexity index is 1280. The molecular weight excluding hydrogens is 452 g/mol. The predicted octanol–water partition coefficient (Wildman–Crippen LogP) is 4.92. The van der Waals surface area contributed by atoms with E-state index in [1.165, 1.54) is 20.1 Å². The molecule has 0 atom stereocenters. The number of esters is 2. The standard InChI is InChI=1S/C27H28O8/c1-14-11-20(34-13-18-7-9-19(32-5)10-8-18)16(3)24(28)23(14)27(31)35-21-12-15(2)22(26(30)33-6)25(29)17(21)4/h7-12,28-29H,13H2,1-6H3. The van der Waals surface area contributed by atoms with Gasteiger partial charge in [-0.1, -0.05) is 12.1 Å². The van der Waals surface area contributed by atoms with Gasteiger partial charge in [-0.25, -0.2) is 9.59 Å². The van der Waals surface area contributed by atoms with Crippen LogP contribution in [0.4, 0.5) is 0 Å². The second-order valence-electron chi connectivity index (χ2n) is 8.10. The Hall–Kier alpha value is -4.20. The van der Waals surface area contributed by atoms with Gasteiger partial charge in [-0.3, -0.25) is 0 Å². The van der Waals surface area contributed by atoms with Crippen molar-refractivity contribution in [3.8, 4) is 28.7 Å². The highest BCUT2D eigenvalue weighted by Crippen LogP contribution is 2.37. The Labute approximate surface area is 203 Å². The van der Waals surface area contributed by atoms with Gasteiger partial charge in [0.1, 0.15) is 46.5 Å². The van der Waals surface area contributed by atoms with Crippen LogP contribution in [0.15, 0.2) is 36.4 Å². The topological polar surface area (TPSA) is 112 Å². The predicted molar refractivity (Wildman–Crippen MR) is 129 cm³/mol. The number of carbonyl (C=O) groups is 2. The summed E-state index contributed by atoms with van der Waals surface area (Å²) in [6.07, 6.45) is 0. The fraction of sp³-hybridized carbons (Fsp3) is 0.259. The van der Waals surface area contributed by atoms with E-state index in [1.54, 1.807) is 33.9 Å². The zero-order valence-corrected chi connectivity index (χ0v) is 20.5. The molecule has 0 saturated carbocycles. The number of rotatable bonds is 7. The largest absolute Gasteiger partial charge is 0.507 e. The third-order valence-corrected chi connectivity index (χ3v) is 5.76. The highest BCUT2D eigenvalue weighted by Gasteiger charge is 2.25. The molecule has 2 N–H and O–H groups in total. The van der Waals surface area contributed by atoms with Crippen LogP contribution in [-0.4, -0.2) is 36.4 Å². The van der Waals surface area contributed by atoms with E-state index in [1.807, 2.05) is 24.3 Å². The normalized spacial score (nSPS) is 10.6. The first-order chi connectivity index (χ1) is 16.6. The Kier molecular flexibility index (Phi) is 7.54. The number of phenolic OH excluding ortho intramolecular Hbond substituents is 2. The van der Waals surface area contributed by atoms with Crippen LogP contribution in [0.1, 0.15) is 48.5 Å². The quantitative estimate of drug-likeness (QED) is 0.362. The molecule has 0 heterocycles. The van der Waals surface area contributed by atoms with Crippen LogP contribution in [0, 0.1) is 27.7 Å². The fourth-order valence-electron chi connectivity index (χ4n) is 3.64. The third-order valence-electron chi connectivity index (χ3n) is 5.76. The molecule has 0 spiro atoms. The molecule has 0 fully saturated rings. The molecule has 0 unspecified atom stereocenters. The smallest absolute Gasteiger partial charge is 0.347 e. The van der Waals surface area contributed by atoms with Gasteiger partial charge >= 0.3 is 11.9 Å². The maximum absolute atomic E-state index is 13.0. The number of ether oxygens (including phenoxy) is 4. The van der Waals surface area contributed by atoms with Crippen molar-refractivity contribution in [2.75, 3.05) is 14.2 Å². The van der Waals surface area contributed by atoms with Crippen molar-refractivity contribution in [2.45, 2.75) is 34.3 Å². The molecule has 0 radical (unpaired) electrons. The summed E-state index contributed by atoms with van der Waals surface area (Å²) in [4.78, 5) is 25.0. The summed E-state index contributed by atoms with van der Waals surface area (Å²) in [6.45, 7) is 6.66. The summed E-state index contributed by atoms with van der Waals surface area (Å²) in [5.74, 6) is -0.871. The Morgan fingerprint density at radius 2 is 1.29 bits per heavy atom. The van der Waals surface area contributed by atoms with Gasteiger partial charge in [-0.05, 0) is 68.7 Å². The van der Waals surface area contributed by atoms with Crippen molar-refractivity contribution >= 4 is 11.9 Å². The molecule has 8 nitrogen and oxygen atoms in total. The minimum absolute atomic E-state index is 0.00182. The summed E-state index contributed by atoms with van der Waals surface area (Å²) < 4.78 is 21.2. The first-order valence-corrected chi connectivity index (χ1v) is 10.8. The second kappa shape index (κ2) is 10.4. The molecular formula is C27H28O8. The zero-order chi connectivity index (χ0) is 25.9. The average Bonchev–Trinajstić information content (AvgIpc) is 2.83. The van der Waals surface area contributed by atoms with E-state index in [2.05, 4.69) is 0 Å². The van der Waals surface area contributed by atoms with Crippen molar-refractivity contribution in [2.24, 2.45) is 0 Å². The molecule has 3 rings (SSSR count). The van der Waals surface area contributed by atoms with E-state index >= 15 is 0 Å². The summed E-state index contributed by atoms with van der Waals surface area (Å²) in [5, 5.41) is 21.2. The van der Waals surface area contributed by atoms with Crippen LogP contribution >= 0.6 is 0 Å². The molecule has 0 aliphatic rings. The first-order valence-electron chi connectivity index (χ1n) is 10.8. The van der Waals surface area contributed by atoms with Gasteiger partial charge in [-0.15, -0.1) is 0 Å². The van der Waals surface area contributed by atoms with Gasteiger partial charge in [0, 0.05) is 11.1 Å². The number of aryl methyl sites for hydroxylation is 2. The van der Waals surface area contributed by atoms with Crippen molar-refractivity contribution in [3.05, 3.63) is 75.3 Å². The van der Waals surface area contributed by atoms with Gasteiger partial charge in [0.05, 0.1) is 14.2 Å². The maximum atomic E-state index is 13.0. The lowest BCUT2D eigenvalue weighted by molar-refractivity contribution is 0.0596. The van der Waals surface area contributed by atoms with E-state index in [4.69, 9.17) is 18.9 Å². The van der Waals surface area contributed by atoms with Crippen LogP contribution in [0.2, 0.25) is 0 Å². The van der Waals surface area contributed by atoms with Crippen molar-refractivity contribution in [1.29, 1.82) is 0 Å². The van der Waals surface area contributed by atoms with Gasteiger partial charge in [0.25, 0.3) is 0 Å². The van der Waals surface area contributed by atoms with E-state index in [0.717, 1.165) is 11.3 Å². The van der Waals surface area contributed by atoms with Gasteiger partial charge in [-0.2, -0.15) is 0 Å². The number of carbonyl (C=O) groups excluding carboxylic acids is 2. The highest BCUT2D eigenvalue weighted by molar-refractivity contribution is 5.98. The number of aromatic hydroxyl groups is 2. The van der Waals surface area contributed by atoms with Crippen molar-refractivity contribution < 1.29 is 38.7 Å². The number of hydrogen-bond donors (Lipinski definition) is 2. The fourth-order valence-corrected chi connectivity index (χ4v) is 3.64. The molecule has 0 amide bonds. The molecule has 3 aromatic carbocycles. The zero-order valence-electron chi connectivity index (χ0n) is 20.5. The number of benzene rings is 3. The van der Waals surface area contributed by atoms with Crippen LogP contribution in [-0.2, 0) is 11.3 Å². The molecule has 0 saturated heterocycles. The molecule has 0 aliphatic heterocycles. The van der Waals surface area contributed by atoms with Crippen LogP contribution < -0.4 is 14.2 Å². The minimum Gasteiger partial charge on any atom is -0.507 e. The van der Waals surface area contributed by atoms with E-state index in [0.29, 0.717) is 22.4 Å². The van der Waals surface area contributed by atoms with E-state index in [-0.39, 0.29) is 40.5 Å². The van der Waals surface area contributed by atoms with Gasteiger partial charge in [0.2, 0.25) is 0 Å². The average molecular weight is 481 g/mol. The summed E-state index contributed by atoms with van der Waals surface area (Å²) >= 11 is 0. The van der Waals surface area contributed by atoms with Crippen LogP contribution in [0.5, 0.6) is 28.7 Å². The number of phenols is 2. The molecule has 184 valence electrons. The first kappa shape index (κ1) is 25.4. The minimum atomic E-state index is -0.808. The lowest BCUT2D eigenvalue weighted by atomic mass is 10.0. The molecule has 0 bridgehead atoms. The van der Waals surface area contributed by atoms with Crippen LogP contribution in [0.25, 0.3) is 0 Å². The third kappa shape index (κ3) is 5.16. The second-order valence-corrected chi connectivity index (χ2v) is 8.10. The molecule has 3 aromatic rings. The lowest BCUT2D eigenvalue weighted by Gasteiger charge is -2.17. The van der Waals surface area contributed by atoms with Gasteiger partial charge < -0.3 is 29.2 Å². The SMILES string of the molecule is COC(=O)c1c(C)cc(OC(=O)c2c(C)cc(OCc3ccc(OC)cc3)c(C)c2O)c(C)c1O. The number of hydrogen-bond acceptors (Lipinski definition) is 8. The molecule has 8 heteroatoms. The Morgan fingerprint density at radius 3 is 1.83 bits per heavy atom. The highest BCUT2D eigenvalue weighted by atomic mass is 16.5. The summed E-state index contributed by atoms with van der Waals surface area (Å²) in [5.41, 5.74) is 2.29. The van der Waals surface area contributed by atoms with E-state index in [9.17, 15) is 19.8 Å². The Morgan fingerprint density at radius 1 is 0.771 bits per heavy atom. The molecule has 0 aliphatic carbocycles. The summed E-state index contributed by atoms with van der Waals surface area (Å²) in [6, 6.07) is 10.5. The lowest BCUT2D eigenvalue weighted by Crippen LogP contribution is -2.14. The van der Waals surface area contributed by atoms with Crippen molar-refractivity contribution in [1.82, 2.24) is 0 Å². The number of methoxy groups -OCH3 is 2. The maximum Gasteiger partial charge on any atom is 0.347 e. The molecule has 35 heavy (non-hydrogen) atoms. The van der Waals surface area contributed by atoms with Crippen molar-refractivity contribution in [3.63, 3.8) is 0 Å². The Balaban J connectivity index is 1.85. The van der Waals surface area contributed by atoms with Gasteiger partial charge in [0.15, 0.2) is 0 Å². The van der Waals surface area contributed by atoms with E-state index < -0.39 is 11.9 Å². The van der Waals surface area contributed by atoms with Crippen LogP contribution in [0.3, 0.4) is 0 Å². The molecule has 0 aromatic heterocycles. The monoisotopic (exact) mass is 480 g/mol. The summed E-state index contributed by atoms with van der Waals surface area (Å²) in [7, 11) is 2.80.